The normalized spacial score (nSPS) is 15.5. The predicted octanol–water partition coefficient (Wildman–Crippen LogP) is 4.53. The number of halogens is 3. The Hall–Kier alpha value is 0.170. The van der Waals surface area contributed by atoms with Gasteiger partial charge in [0.2, 0.25) is 0 Å². The van der Waals surface area contributed by atoms with Crippen molar-refractivity contribution in [2.45, 2.75) is 33.7 Å². The second-order valence-corrected chi connectivity index (χ2v) is 14.3. The summed E-state index contributed by atoms with van der Waals surface area (Å²) in [7, 11) is -1.30. The molecule has 0 aliphatic heterocycles. The van der Waals surface area contributed by atoms with Crippen LogP contribution in [0.3, 0.4) is 0 Å². The molecule has 21 heavy (non-hydrogen) atoms. The number of hydrogen-bond acceptors (Lipinski definition) is 3. The highest BCUT2D eigenvalue weighted by molar-refractivity contribution is 9.39. The topological polar surface area (TPSA) is 72.2 Å². The van der Waals surface area contributed by atoms with E-state index in [1.54, 1.807) is 12.1 Å². The molecule has 1 aromatic carbocycles. The van der Waals surface area contributed by atoms with Gasteiger partial charge in [0, 0.05) is 12.1 Å². The first-order valence-electron chi connectivity index (χ1n) is 5.92. The van der Waals surface area contributed by atoms with Crippen LogP contribution in [0.1, 0.15) is 32.4 Å². The number of benzene rings is 1. The van der Waals surface area contributed by atoms with Gasteiger partial charge < -0.3 is 0 Å². The maximum atomic E-state index is 12.3. The summed E-state index contributed by atoms with van der Waals surface area (Å²) in [5, 5.41) is 10.7. The second kappa shape index (κ2) is 7.16. The molecule has 0 spiro atoms. The average molecular weight is 507 g/mol. The molecule has 5 nitrogen and oxygen atoms in total. The smallest absolute Gasteiger partial charge is 0.258 e. The molecular formula is C12H15Br3N2O3S. The first kappa shape index (κ1) is 19.2. The molecule has 0 heterocycles. The van der Waals surface area contributed by atoms with Gasteiger partial charge in [0.05, 0.1) is 26.7 Å². The lowest BCUT2D eigenvalue weighted by Gasteiger charge is -2.29. The van der Waals surface area contributed by atoms with E-state index < -0.39 is 28.8 Å². The Morgan fingerprint density at radius 3 is 2.00 bits per heavy atom. The third-order valence-electron chi connectivity index (χ3n) is 2.55. The van der Waals surface area contributed by atoms with E-state index in [1.807, 2.05) is 20.8 Å². The van der Waals surface area contributed by atoms with Crippen LogP contribution in [0.4, 0.5) is 5.69 Å². The third-order valence-corrected chi connectivity index (χ3v) is 5.48. The molecule has 0 aromatic heterocycles. The summed E-state index contributed by atoms with van der Waals surface area (Å²) in [5.74, 6) is 0. The monoisotopic (exact) mass is 504 g/mol. The van der Waals surface area contributed by atoms with Crippen LogP contribution < -0.4 is 4.72 Å². The highest BCUT2D eigenvalue weighted by atomic mass is 80.0. The number of nitrogens with one attached hydrogen (secondary N) is 1. The molecule has 118 valence electrons. The Labute approximate surface area is 151 Å². The molecule has 0 radical (unpaired) electrons. The Morgan fingerprint density at radius 1 is 1.19 bits per heavy atom. The van der Waals surface area contributed by atoms with E-state index in [9.17, 15) is 14.3 Å². The van der Waals surface area contributed by atoms with Gasteiger partial charge >= 0.3 is 0 Å². The molecule has 2 atom stereocenters. The van der Waals surface area contributed by atoms with Crippen molar-refractivity contribution in [2.24, 2.45) is 0 Å². The number of hydrogen-bond donors (Lipinski definition) is 1. The third kappa shape index (κ3) is 5.70. The molecule has 0 saturated heterocycles. The fourth-order valence-electron chi connectivity index (χ4n) is 1.40. The minimum Gasteiger partial charge on any atom is -0.258 e. The summed E-state index contributed by atoms with van der Waals surface area (Å²) in [6, 6.07) is 5.70. The van der Waals surface area contributed by atoms with Crippen LogP contribution in [-0.4, -0.2) is 16.0 Å². The van der Waals surface area contributed by atoms with Crippen molar-refractivity contribution in [3.63, 3.8) is 0 Å². The van der Waals surface area contributed by atoms with E-state index in [0.29, 0.717) is 0 Å². The summed E-state index contributed by atoms with van der Waals surface area (Å²) < 4.78 is 14.2. The van der Waals surface area contributed by atoms with Crippen LogP contribution in [0.5, 0.6) is 0 Å². The number of nitro groups is 1. The molecule has 0 aliphatic carbocycles. The molecule has 9 heteroatoms. The van der Waals surface area contributed by atoms with Gasteiger partial charge in [-0.3, -0.25) is 10.1 Å². The molecule has 0 fully saturated rings. The molecule has 0 aliphatic rings. The van der Waals surface area contributed by atoms with Crippen LogP contribution in [-0.2, 0) is 11.0 Å². The van der Waals surface area contributed by atoms with Gasteiger partial charge in [-0.2, -0.15) is 0 Å². The summed E-state index contributed by atoms with van der Waals surface area (Å²) in [6.45, 7) is 5.59. The van der Waals surface area contributed by atoms with Gasteiger partial charge in [0.1, 0.15) is 0 Å². The molecule has 1 rings (SSSR count). The molecule has 1 aromatic rings. The zero-order valence-electron chi connectivity index (χ0n) is 11.6. The van der Waals surface area contributed by atoms with Crippen LogP contribution in [0.2, 0.25) is 0 Å². The van der Waals surface area contributed by atoms with Crippen molar-refractivity contribution in [1.82, 2.24) is 4.72 Å². The summed E-state index contributed by atoms with van der Waals surface area (Å²) >= 11 is 10.3. The first-order chi connectivity index (χ1) is 9.43. The maximum absolute atomic E-state index is 12.3. The molecular weight excluding hydrogens is 492 g/mol. The highest BCUT2D eigenvalue weighted by Crippen LogP contribution is 2.45. The fraction of sp³-hybridized carbons (Fsp3) is 0.500. The number of nitro benzene ring substituents is 1. The zero-order valence-corrected chi connectivity index (χ0v) is 17.2. The minimum atomic E-state index is -1.30. The van der Waals surface area contributed by atoms with E-state index in [2.05, 4.69) is 52.5 Å². The largest absolute Gasteiger partial charge is 0.269 e. The first-order valence-corrected chi connectivity index (χ1v) is 9.45. The second-order valence-electron chi connectivity index (χ2n) is 5.32. The lowest BCUT2D eigenvalue weighted by molar-refractivity contribution is -0.384. The van der Waals surface area contributed by atoms with Gasteiger partial charge in [0.25, 0.3) is 5.69 Å². The standard InChI is InChI=1S/C12H15Br3N2O3S/c1-11(2,3)21(20)16-10(12(13,14)15)8-4-6-9(7-5-8)17(18)19/h4-7,10,16H,1-3H3/t10-,21+/m0/s1. The van der Waals surface area contributed by atoms with Crippen molar-refractivity contribution in [2.75, 3.05) is 0 Å². The van der Waals surface area contributed by atoms with Gasteiger partial charge in [-0.05, 0) is 26.3 Å². The van der Waals surface area contributed by atoms with Gasteiger partial charge in [-0.1, -0.05) is 59.9 Å². The van der Waals surface area contributed by atoms with Crippen molar-refractivity contribution in [3.8, 4) is 0 Å². The van der Waals surface area contributed by atoms with E-state index in [1.165, 1.54) is 12.1 Å². The van der Waals surface area contributed by atoms with E-state index >= 15 is 0 Å². The van der Waals surface area contributed by atoms with Crippen LogP contribution in [0.15, 0.2) is 24.3 Å². The van der Waals surface area contributed by atoms with Crippen LogP contribution >= 0.6 is 47.8 Å². The van der Waals surface area contributed by atoms with Gasteiger partial charge in [0.15, 0.2) is 2.14 Å². The molecule has 0 unspecified atom stereocenters. The molecule has 0 saturated carbocycles. The van der Waals surface area contributed by atoms with Gasteiger partial charge in [-0.25, -0.2) is 8.93 Å². The quantitative estimate of drug-likeness (QED) is 0.370. The SMILES string of the molecule is CC(C)(C)[S@@](=O)N[C@@H](c1ccc([N+](=O)[O-])cc1)C(Br)(Br)Br. The molecule has 0 bridgehead atoms. The number of nitrogens with zero attached hydrogens (tertiary/aromatic N) is 1. The van der Waals surface area contributed by atoms with Gasteiger partial charge in [-0.15, -0.1) is 0 Å². The van der Waals surface area contributed by atoms with E-state index in [4.69, 9.17) is 0 Å². The van der Waals surface area contributed by atoms with E-state index in [-0.39, 0.29) is 5.69 Å². The Morgan fingerprint density at radius 2 is 1.67 bits per heavy atom. The lowest BCUT2D eigenvalue weighted by atomic mass is 10.1. The number of rotatable bonds is 4. The van der Waals surface area contributed by atoms with E-state index in [0.717, 1.165) is 5.56 Å². The fourth-order valence-corrected chi connectivity index (χ4v) is 3.87. The minimum absolute atomic E-state index is 0.0127. The average Bonchev–Trinajstić information content (AvgIpc) is 2.33. The Balaban J connectivity index is 3.09. The summed E-state index contributed by atoms with van der Waals surface area (Å²) in [5.41, 5.74) is 0.766. The molecule has 1 N–H and O–H groups in total. The van der Waals surface area contributed by atoms with Crippen molar-refractivity contribution in [3.05, 3.63) is 39.9 Å². The van der Waals surface area contributed by atoms with Crippen LogP contribution in [0.25, 0.3) is 0 Å². The number of alkyl halides is 3. The highest BCUT2D eigenvalue weighted by Gasteiger charge is 2.35. The molecule has 0 amide bonds. The lowest BCUT2D eigenvalue weighted by Crippen LogP contribution is -2.40. The summed E-state index contributed by atoms with van der Waals surface area (Å²) in [6.07, 6.45) is 0. The number of non-ortho nitro benzene ring substituents is 1. The van der Waals surface area contributed by atoms with Crippen LogP contribution in [0, 0.1) is 10.1 Å². The maximum Gasteiger partial charge on any atom is 0.269 e. The predicted molar refractivity (Wildman–Crippen MR) is 96.4 cm³/mol. The zero-order chi connectivity index (χ0) is 16.4. The Kier molecular flexibility index (Phi) is 6.55. The van der Waals surface area contributed by atoms with Crippen molar-refractivity contribution < 1.29 is 9.13 Å². The van der Waals surface area contributed by atoms with Crippen molar-refractivity contribution in [1.29, 1.82) is 0 Å². The van der Waals surface area contributed by atoms with Crippen molar-refractivity contribution >= 4 is 64.5 Å². The Bertz CT molecular complexity index is 538. The summed E-state index contributed by atoms with van der Waals surface area (Å²) in [4.78, 5) is 10.2.